The zero-order chi connectivity index (χ0) is 11.1. The number of benzene rings is 2. The van der Waals surface area contributed by atoms with Crippen molar-refractivity contribution in [1.29, 1.82) is 0 Å². The van der Waals surface area contributed by atoms with Crippen LogP contribution in [0.1, 0.15) is 5.56 Å². The molecule has 2 aromatic carbocycles. The van der Waals surface area contributed by atoms with E-state index in [2.05, 4.69) is 12.6 Å². The SMILES string of the molecule is FC(F)(F)c1cccc2c(S)cccc12. The van der Waals surface area contributed by atoms with E-state index >= 15 is 0 Å². The maximum absolute atomic E-state index is 12.6. The van der Waals surface area contributed by atoms with Gasteiger partial charge in [-0.3, -0.25) is 0 Å². The number of hydrogen-bond acceptors (Lipinski definition) is 1. The Labute approximate surface area is 90.1 Å². The van der Waals surface area contributed by atoms with Crippen molar-refractivity contribution in [3.8, 4) is 0 Å². The average molecular weight is 228 g/mol. The number of rotatable bonds is 0. The van der Waals surface area contributed by atoms with Gasteiger partial charge in [-0.2, -0.15) is 13.2 Å². The molecular weight excluding hydrogens is 221 g/mol. The zero-order valence-electron chi connectivity index (χ0n) is 7.55. The molecule has 0 fully saturated rings. The number of hydrogen-bond donors (Lipinski definition) is 1. The molecule has 2 aromatic rings. The summed E-state index contributed by atoms with van der Waals surface area (Å²) in [5.74, 6) is 0. The predicted octanol–water partition coefficient (Wildman–Crippen LogP) is 4.15. The molecule has 0 spiro atoms. The second-order valence-electron chi connectivity index (χ2n) is 3.18. The van der Waals surface area contributed by atoms with Crippen LogP contribution in [0, 0.1) is 0 Å². The minimum Gasteiger partial charge on any atom is -0.166 e. The maximum Gasteiger partial charge on any atom is 0.417 e. The van der Waals surface area contributed by atoms with E-state index in [1.807, 2.05) is 0 Å². The summed E-state index contributed by atoms with van der Waals surface area (Å²) in [6, 6.07) is 8.80. The molecule has 4 heteroatoms. The first-order valence-corrected chi connectivity index (χ1v) is 4.73. The topological polar surface area (TPSA) is 0 Å². The van der Waals surface area contributed by atoms with Gasteiger partial charge in [0.15, 0.2) is 0 Å². The van der Waals surface area contributed by atoms with Crippen LogP contribution in [-0.4, -0.2) is 0 Å². The summed E-state index contributed by atoms with van der Waals surface area (Å²) in [5.41, 5.74) is -0.615. The summed E-state index contributed by atoms with van der Waals surface area (Å²) in [5, 5.41) is 0.716. The zero-order valence-corrected chi connectivity index (χ0v) is 8.44. The van der Waals surface area contributed by atoms with E-state index in [1.54, 1.807) is 18.2 Å². The molecule has 2 rings (SSSR count). The van der Waals surface area contributed by atoms with Gasteiger partial charge in [0.05, 0.1) is 5.56 Å². The molecule has 0 heterocycles. The third kappa shape index (κ3) is 1.81. The Morgan fingerprint density at radius 3 is 2.13 bits per heavy atom. The van der Waals surface area contributed by atoms with Crippen LogP contribution >= 0.6 is 12.6 Å². The highest BCUT2D eigenvalue weighted by Crippen LogP contribution is 2.36. The summed E-state index contributed by atoms with van der Waals surface area (Å²) in [7, 11) is 0. The number of thiol groups is 1. The highest BCUT2D eigenvalue weighted by molar-refractivity contribution is 7.80. The van der Waals surface area contributed by atoms with E-state index < -0.39 is 11.7 Å². The van der Waals surface area contributed by atoms with Gasteiger partial charge in [0.2, 0.25) is 0 Å². The molecule has 0 saturated heterocycles. The van der Waals surface area contributed by atoms with Crippen LogP contribution < -0.4 is 0 Å². The first kappa shape index (κ1) is 10.4. The molecule has 0 unspecified atom stereocenters. The van der Waals surface area contributed by atoms with E-state index in [-0.39, 0.29) is 5.39 Å². The quantitative estimate of drug-likeness (QED) is 0.643. The Hall–Kier alpha value is -1.16. The van der Waals surface area contributed by atoms with Crippen LogP contribution in [0.15, 0.2) is 41.3 Å². The Morgan fingerprint density at radius 2 is 1.47 bits per heavy atom. The first-order valence-electron chi connectivity index (χ1n) is 4.28. The highest BCUT2D eigenvalue weighted by Gasteiger charge is 2.32. The van der Waals surface area contributed by atoms with Crippen molar-refractivity contribution in [3.05, 3.63) is 42.0 Å². The molecule has 78 valence electrons. The minimum atomic E-state index is -4.32. The lowest BCUT2D eigenvalue weighted by Gasteiger charge is -2.10. The molecule has 0 aliphatic heterocycles. The number of halogens is 3. The van der Waals surface area contributed by atoms with Crippen LogP contribution in [-0.2, 0) is 6.18 Å². The van der Waals surface area contributed by atoms with Crippen LogP contribution in [0.5, 0.6) is 0 Å². The second kappa shape index (κ2) is 3.45. The van der Waals surface area contributed by atoms with Crippen molar-refractivity contribution in [2.24, 2.45) is 0 Å². The van der Waals surface area contributed by atoms with Gasteiger partial charge in [0.25, 0.3) is 0 Å². The maximum atomic E-state index is 12.6. The van der Waals surface area contributed by atoms with Crippen LogP contribution in [0.3, 0.4) is 0 Å². The van der Waals surface area contributed by atoms with E-state index in [0.717, 1.165) is 6.07 Å². The van der Waals surface area contributed by atoms with Gasteiger partial charge in [-0.15, -0.1) is 12.6 Å². The van der Waals surface area contributed by atoms with Crippen LogP contribution in [0.25, 0.3) is 10.8 Å². The van der Waals surface area contributed by atoms with Gasteiger partial charge < -0.3 is 0 Å². The molecule has 0 nitrogen and oxygen atoms in total. The highest BCUT2D eigenvalue weighted by atomic mass is 32.1. The monoisotopic (exact) mass is 228 g/mol. The number of alkyl halides is 3. The summed E-state index contributed by atoms with van der Waals surface area (Å²) < 4.78 is 37.9. The molecule has 0 aromatic heterocycles. The molecule has 0 amide bonds. The molecule has 15 heavy (non-hydrogen) atoms. The molecule has 0 aliphatic carbocycles. The first-order chi connectivity index (χ1) is 7.00. The summed E-state index contributed by atoms with van der Waals surface area (Å²) in [6.07, 6.45) is -4.32. The lowest BCUT2D eigenvalue weighted by molar-refractivity contribution is -0.136. The normalized spacial score (nSPS) is 12.0. The van der Waals surface area contributed by atoms with Gasteiger partial charge in [-0.1, -0.05) is 24.3 Å². The molecule has 0 bridgehead atoms. The van der Waals surface area contributed by atoms with Crippen molar-refractivity contribution in [1.82, 2.24) is 0 Å². The van der Waals surface area contributed by atoms with E-state index in [0.29, 0.717) is 10.3 Å². The fraction of sp³-hybridized carbons (Fsp3) is 0.0909. The number of fused-ring (bicyclic) bond motifs is 1. The van der Waals surface area contributed by atoms with Crippen molar-refractivity contribution in [2.75, 3.05) is 0 Å². The van der Waals surface area contributed by atoms with Gasteiger partial charge in [-0.25, -0.2) is 0 Å². The Balaban J connectivity index is 2.83. The fourth-order valence-corrected chi connectivity index (χ4v) is 1.82. The molecule has 0 radical (unpaired) electrons. The molecule has 0 atom stereocenters. The summed E-state index contributed by atoms with van der Waals surface area (Å²) in [4.78, 5) is 0.554. The minimum absolute atomic E-state index is 0.192. The standard InChI is InChI=1S/C11H7F3S/c12-11(13,14)9-5-1-4-8-7(9)3-2-6-10(8)15/h1-6,15H. The average Bonchev–Trinajstić information content (AvgIpc) is 2.16. The molecule has 0 saturated carbocycles. The van der Waals surface area contributed by atoms with Crippen molar-refractivity contribution in [3.63, 3.8) is 0 Å². The summed E-state index contributed by atoms with van der Waals surface area (Å²) >= 11 is 4.13. The van der Waals surface area contributed by atoms with Gasteiger partial charge in [0, 0.05) is 4.90 Å². The second-order valence-corrected chi connectivity index (χ2v) is 3.66. The van der Waals surface area contributed by atoms with Crippen LogP contribution in [0.2, 0.25) is 0 Å². The largest absolute Gasteiger partial charge is 0.417 e. The van der Waals surface area contributed by atoms with Crippen molar-refractivity contribution >= 4 is 23.4 Å². The summed E-state index contributed by atoms with van der Waals surface area (Å²) in [6.45, 7) is 0. The third-order valence-electron chi connectivity index (χ3n) is 2.20. The van der Waals surface area contributed by atoms with Gasteiger partial charge in [0.1, 0.15) is 0 Å². The van der Waals surface area contributed by atoms with Gasteiger partial charge >= 0.3 is 6.18 Å². The third-order valence-corrected chi connectivity index (χ3v) is 2.59. The van der Waals surface area contributed by atoms with Crippen molar-refractivity contribution < 1.29 is 13.2 Å². The lowest BCUT2D eigenvalue weighted by Crippen LogP contribution is -2.05. The lowest BCUT2D eigenvalue weighted by atomic mass is 10.0. The predicted molar refractivity (Wildman–Crippen MR) is 56.2 cm³/mol. The Morgan fingerprint density at radius 1 is 0.867 bits per heavy atom. The Bertz CT molecular complexity index is 503. The fourth-order valence-electron chi connectivity index (χ4n) is 1.54. The Kier molecular flexibility index (Phi) is 2.38. The molecular formula is C11H7F3S. The van der Waals surface area contributed by atoms with Crippen LogP contribution in [0.4, 0.5) is 13.2 Å². The molecule has 0 N–H and O–H groups in total. The van der Waals surface area contributed by atoms with E-state index in [4.69, 9.17) is 0 Å². The molecule has 0 aliphatic rings. The van der Waals surface area contributed by atoms with E-state index in [9.17, 15) is 13.2 Å². The smallest absolute Gasteiger partial charge is 0.166 e. The van der Waals surface area contributed by atoms with Gasteiger partial charge in [-0.05, 0) is 22.9 Å². The van der Waals surface area contributed by atoms with Crippen molar-refractivity contribution in [2.45, 2.75) is 11.1 Å². The van der Waals surface area contributed by atoms with E-state index in [1.165, 1.54) is 12.1 Å².